The highest BCUT2D eigenvalue weighted by Gasteiger charge is 2.70. The minimum Gasteiger partial charge on any atom is -0.396 e. The molecule has 184 valence electrons. The number of aliphatic hydroxyl groups excluding tert-OH is 1. The molecule has 3 nitrogen and oxygen atoms in total. The molecule has 0 aromatic heterocycles. The van der Waals surface area contributed by atoms with Crippen LogP contribution in [0.4, 0.5) is 0 Å². The molecule has 4 saturated carbocycles. The van der Waals surface area contributed by atoms with E-state index in [9.17, 15) is 14.7 Å². The van der Waals surface area contributed by atoms with Crippen molar-refractivity contribution < 1.29 is 14.7 Å². The first-order valence-corrected chi connectivity index (χ1v) is 13.6. The summed E-state index contributed by atoms with van der Waals surface area (Å²) < 4.78 is 0. The molecule has 0 aromatic carbocycles. The summed E-state index contributed by atoms with van der Waals surface area (Å²) >= 11 is 0. The second-order valence-corrected chi connectivity index (χ2v) is 14.9. The molecule has 0 aliphatic heterocycles. The Balaban J connectivity index is 1.64. The van der Waals surface area contributed by atoms with Gasteiger partial charge in [-0.25, -0.2) is 0 Å². The Bertz CT molecular complexity index is 927. The largest absolute Gasteiger partial charge is 0.396 e. The summed E-state index contributed by atoms with van der Waals surface area (Å²) in [6.45, 7) is 16.5. The van der Waals surface area contributed by atoms with E-state index in [1.807, 2.05) is 0 Å². The van der Waals surface area contributed by atoms with Crippen molar-refractivity contribution in [3.63, 3.8) is 0 Å². The molecule has 0 spiro atoms. The van der Waals surface area contributed by atoms with Crippen LogP contribution in [-0.2, 0) is 9.59 Å². The van der Waals surface area contributed by atoms with Gasteiger partial charge in [-0.15, -0.1) is 0 Å². The molecule has 0 amide bonds. The van der Waals surface area contributed by atoms with Crippen LogP contribution in [-0.4, -0.2) is 23.3 Å². The zero-order valence-corrected chi connectivity index (χ0v) is 22.1. The topological polar surface area (TPSA) is 54.4 Å². The summed E-state index contributed by atoms with van der Waals surface area (Å²) in [6.07, 6.45) is 11.0. The highest BCUT2D eigenvalue weighted by atomic mass is 16.3. The molecule has 0 heterocycles. The van der Waals surface area contributed by atoms with Gasteiger partial charge in [0.15, 0.2) is 5.78 Å². The molecule has 0 saturated heterocycles. The predicted molar refractivity (Wildman–Crippen MR) is 132 cm³/mol. The van der Waals surface area contributed by atoms with Gasteiger partial charge in [-0.05, 0) is 90.9 Å². The van der Waals surface area contributed by atoms with Crippen LogP contribution >= 0.6 is 0 Å². The van der Waals surface area contributed by atoms with E-state index in [1.54, 1.807) is 0 Å². The lowest BCUT2D eigenvalue weighted by Crippen LogP contribution is -2.66. The van der Waals surface area contributed by atoms with Crippen LogP contribution in [0.2, 0.25) is 0 Å². The van der Waals surface area contributed by atoms with Gasteiger partial charge in [-0.3, -0.25) is 9.59 Å². The zero-order valence-electron chi connectivity index (χ0n) is 22.1. The molecular formula is C30H46O3. The third-order valence-corrected chi connectivity index (χ3v) is 12.6. The number of carbonyl (C=O) groups excluding carboxylic acids is 2. The lowest BCUT2D eigenvalue weighted by molar-refractivity contribution is -0.189. The van der Waals surface area contributed by atoms with Gasteiger partial charge in [0.25, 0.3) is 0 Å². The Hall–Kier alpha value is -0.960. The van der Waals surface area contributed by atoms with Crippen LogP contribution in [0.3, 0.4) is 0 Å². The molecule has 3 heteroatoms. The average Bonchev–Trinajstić information content (AvgIpc) is 2.72. The number of hydrogen-bond donors (Lipinski definition) is 1. The molecule has 7 atom stereocenters. The molecule has 5 rings (SSSR count). The number of ketones is 2. The molecule has 33 heavy (non-hydrogen) atoms. The average molecular weight is 455 g/mol. The Morgan fingerprint density at radius 2 is 1.58 bits per heavy atom. The van der Waals surface area contributed by atoms with Crippen molar-refractivity contribution in [2.24, 2.45) is 50.2 Å². The normalized spacial score (nSPS) is 50.4. The number of fused-ring (bicyclic) bond motifs is 7. The lowest BCUT2D eigenvalue weighted by Gasteiger charge is -2.70. The van der Waals surface area contributed by atoms with E-state index < -0.39 is 0 Å². The fraction of sp³-hybridized carbons (Fsp3) is 0.867. The van der Waals surface area contributed by atoms with E-state index in [2.05, 4.69) is 54.5 Å². The Morgan fingerprint density at radius 3 is 2.24 bits per heavy atom. The molecule has 5 aliphatic carbocycles. The molecule has 0 radical (unpaired) electrons. The second-order valence-electron chi connectivity index (χ2n) is 14.9. The van der Waals surface area contributed by atoms with E-state index in [0.29, 0.717) is 23.9 Å². The van der Waals surface area contributed by atoms with E-state index >= 15 is 0 Å². The fourth-order valence-electron chi connectivity index (χ4n) is 10.3. The van der Waals surface area contributed by atoms with Crippen molar-refractivity contribution in [1.82, 2.24) is 0 Å². The molecule has 0 bridgehead atoms. The van der Waals surface area contributed by atoms with Crippen LogP contribution < -0.4 is 0 Å². The molecular weight excluding hydrogens is 408 g/mol. The number of allylic oxidation sites excluding steroid dienone is 2. The van der Waals surface area contributed by atoms with E-state index in [-0.39, 0.29) is 50.9 Å². The second kappa shape index (κ2) is 6.83. The van der Waals surface area contributed by atoms with Gasteiger partial charge in [0.1, 0.15) is 5.78 Å². The van der Waals surface area contributed by atoms with E-state index in [1.165, 1.54) is 5.57 Å². The van der Waals surface area contributed by atoms with Crippen LogP contribution in [0.25, 0.3) is 0 Å². The van der Waals surface area contributed by atoms with Crippen molar-refractivity contribution in [3.8, 4) is 0 Å². The summed E-state index contributed by atoms with van der Waals surface area (Å²) in [6, 6.07) is 0. The van der Waals surface area contributed by atoms with Gasteiger partial charge >= 0.3 is 0 Å². The van der Waals surface area contributed by atoms with Crippen molar-refractivity contribution in [1.29, 1.82) is 0 Å². The molecule has 1 N–H and O–H groups in total. The highest BCUT2D eigenvalue weighted by Crippen LogP contribution is 2.74. The number of carbonyl (C=O) groups is 2. The van der Waals surface area contributed by atoms with Crippen molar-refractivity contribution in [2.45, 2.75) is 106 Å². The predicted octanol–water partition coefficient (Wildman–Crippen LogP) is 6.53. The first kappa shape index (κ1) is 23.8. The maximum absolute atomic E-state index is 14.2. The van der Waals surface area contributed by atoms with Crippen molar-refractivity contribution >= 4 is 11.6 Å². The maximum atomic E-state index is 14.2. The lowest BCUT2D eigenvalue weighted by atomic mass is 9.33. The van der Waals surface area contributed by atoms with Crippen LogP contribution in [0.15, 0.2) is 11.6 Å². The third kappa shape index (κ3) is 2.84. The van der Waals surface area contributed by atoms with Crippen LogP contribution in [0.5, 0.6) is 0 Å². The minimum absolute atomic E-state index is 0.0110. The number of rotatable bonds is 1. The van der Waals surface area contributed by atoms with Crippen molar-refractivity contribution in [2.75, 3.05) is 6.61 Å². The monoisotopic (exact) mass is 454 g/mol. The molecule has 5 aliphatic rings. The zero-order chi connectivity index (χ0) is 24.2. The Kier molecular flexibility index (Phi) is 4.92. The van der Waals surface area contributed by atoms with E-state index in [4.69, 9.17) is 0 Å². The first-order valence-electron chi connectivity index (χ1n) is 13.6. The number of aliphatic hydroxyl groups is 1. The smallest absolute Gasteiger partial charge is 0.159 e. The van der Waals surface area contributed by atoms with Gasteiger partial charge in [-0.2, -0.15) is 0 Å². The van der Waals surface area contributed by atoms with E-state index in [0.717, 1.165) is 51.4 Å². The molecule has 0 unspecified atom stereocenters. The van der Waals surface area contributed by atoms with Crippen LogP contribution in [0.1, 0.15) is 106 Å². The number of Topliss-reactive ketones (excluding diaryl/α,β-unsaturated/α-hetero) is 1. The summed E-state index contributed by atoms with van der Waals surface area (Å²) in [5.74, 6) is 1.28. The third-order valence-electron chi connectivity index (χ3n) is 12.6. The van der Waals surface area contributed by atoms with Crippen molar-refractivity contribution in [3.05, 3.63) is 11.6 Å². The highest BCUT2D eigenvalue weighted by molar-refractivity contribution is 5.96. The van der Waals surface area contributed by atoms with Gasteiger partial charge in [-0.1, -0.05) is 54.0 Å². The maximum Gasteiger partial charge on any atom is 0.159 e. The molecule has 0 aromatic rings. The SMILES string of the molecule is CC1(C)CC[C@]2(CO)CC[C@]3(C)C(=CC(=O)[C@@H]4[C@@]5(C)CCC(=O)C(C)(C)[C@@H]5CC[C@]43C)[C@@H]2C1. The van der Waals surface area contributed by atoms with Gasteiger partial charge in [0, 0.05) is 29.8 Å². The summed E-state index contributed by atoms with van der Waals surface area (Å²) in [5, 5.41) is 10.6. The summed E-state index contributed by atoms with van der Waals surface area (Å²) in [5.41, 5.74) is 1.01. The fourth-order valence-corrected chi connectivity index (χ4v) is 10.3. The Labute approximate surface area is 201 Å². The summed E-state index contributed by atoms with van der Waals surface area (Å²) in [4.78, 5) is 27.1. The van der Waals surface area contributed by atoms with Gasteiger partial charge < -0.3 is 5.11 Å². The summed E-state index contributed by atoms with van der Waals surface area (Å²) in [7, 11) is 0. The number of hydrogen-bond acceptors (Lipinski definition) is 3. The van der Waals surface area contributed by atoms with Gasteiger partial charge in [0.2, 0.25) is 0 Å². The standard InChI is InChI=1S/C30H46O3/c1-25(2)12-14-30(18-31)15-13-28(6)19(20(30)17-25)16-21(32)24-27(5)10-9-23(33)26(3,4)22(27)8-11-29(24,28)7/h16,20,22,24,31H,8-15,17-18H2,1-7H3/t20-,22-,24+,27-,28+,29+,30+/m0/s1. The van der Waals surface area contributed by atoms with Crippen LogP contribution in [0, 0.1) is 50.2 Å². The first-order chi connectivity index (χ1) is 15.2. The molecule has 4 fully saturated rings. The minimum atomic E-state index is -0.342. The van der Waals surface area contributed by atoms with Gasteiger partial charge in [0.05, 0.1) is 0 Å². The Morgan fingerprint density at radius 1 is 0.909 bits per heavy atom. The quantitative estimate of drug-likeness (QED) is 0.490.